The molecule has 0 saturated carbocycles. The molecule has 0 atom stereocenters. The van der Waals surface area contributed by atoms with Crippen molar-refractivity contribution in [1.29, 1.82) is 0 Å². The van der Waals surface area contributed by atoms with E-state index in [1.165, 1.54) is 0 Å². The Labute approximate surface area is 146 Å². The number of para-hydroxylation sites is 3. The van der Waals surface area contributed by atoms with Crippen LogP contribution in [-0.4, -0.2) is 25.3 Å². The van der Waals surface area contributed by atoms with Gasteiger partial charge in [-0.1, -0.05) is 35.6 Å². The van der Waals surface area contributed by atoms with Gasteiger partial charge in [0.1, 0.15) is 0 Å². The number of thiazole rings is 1. The van der Waals surface area contributed by atoms with Gasteiger partial charge in [-0.15, -0.1) is 0 Å². The normalized spacial score (nSPS) is 10.7. The predicted octanol–water partition coefficient (Wildman–Crippen LogP) is 4.93. The van der Waals surface area contributed by atoms with Crippen LogP contribution in [0, 0.1) is 0 Å². The topological polar surface area (TPSA) is 40.6 Å². The molecule has 126 valence electrons. The van der Waals surface area contributed by atoms with Crippen LogP contribution >= 0.6 is 11.3 Å². The predicted molar refractivity (Wildman–Crippen MR) is 97.5 cm³/mol. The molecule has 4 nitrogen and oxygen atoms in total. The summed E-state index contributed by atoms with van der Waals surface area (Å²) in [4.78, 5) is 4.46. The maximum atomic E-state index is 5.76. The standard InChI is InChI=1S/C19H21NO3S/c1-21-16-10-4-5-11-17(16)22-13-7-2-8-14-23-19-20-15-9-3-6-12-18(15)24-19/h3-6,9-12H,2,7-8,13-14H2,1H3. The molecular formula is C19H21NO3S. The van der Waals surface area contributed by atoms with Gasteiger partial charge in [-0.3, -0.25) is 0 Å². The molecule has 0 aliphatic heterocycles. The number of fused-ring (bicyclic) bond motifs is 1. The molecule has 2 aromatic carbocycles. The summed E-state index contributed by atoms with van der Waals surface area (Å²) >= 11 is 1.60. The number of methoxy groups -OCH3 is 1. The quantitative estimate of drug-likeness (QED) is 0.516. The molecule has 1 heterocycles. The Bertz CT molecular complexity index is 739. The Kier molecular flexibility index (Phi) is 5.90. The summed E-state index contributed by atoms with van der Waals surface area (Å²) in [6.07, 6.45) is 3.03. The van der Waals surface area contributed by atoms with Gasteiger partial charge in [0.05, 0.1) is 30.5 Å². The van der Waals surface area contributed by atoms with Gasteiger partial charge in [-0.2, -0.15) is 0 Å². The summed E-state index contributed by atoms with van der Waals surface area (Å²) < 4.78 is 17.9. The zero-order valence-corrected chi connectivity index (χ0v) is 14.6. The minimum Gasteiger partial charge on any atom is -0.493 e. The van der Waals surface area contributed by atoms with E-state index in [1.54, 1.807) is 18.4 Å². The maximum absolute atomic E-state index is 5.76. The van der Waals surface area contributed by atoms with E-state index in [0.29, 0.717) is 13.2 Å². The first-order valence-corrected chi connectivity index (χ1v) is 8.92. The van der Waals surface area contributed by atoms with E-state index in [4.69, 9.17) is 14.2 Å². The van der Waals surface area contributed by atoms with Crippen molar-refractivity contribution in [2.24, 2.45) is 0 Å². The van der Waals surface area contributed by atoms with Crippen LogP contribution in [0.15, 0.2) is 48.5 Å². The van der Waals surface area contributed by atoms with Crippen LogP contribution in [0.1, 0.15) is 19.3 Å². The molecule has 3 aromatic rings. The monoisotopic (exact) mass is 343 g/mol. The van der Waals surface area contributed by atoms with Crippen molar-refractivity contribution in [2.75, 3.05) is 20.3 Å². The second-order valence-electron chi connectivity index (χ2n) is 5.36. The fourth-order valence-electron chi connectivity index (χ4n) is 2.37. The van der Waals surface area contributed by atoms with Crippen LogP contribution in [0.25, 0.3) is 10.2 Å². The Morgan fingerprint density at radius 3 is 2.33 bits per heavy atom. The SMILES string of the molecule is COc1ccccc1OCCCCCOc1nc2ccccc2s1. The molecule has 0 bridgehead atoms. The van der Waals surface area contributed by atoms with Crippen molar-refractivity contribution in [3.05, 3.63) is 48.5 Å². The minimum absolute atomic E-state index is 0.682. The molecule has 5 heteroatoms. The summed E-state index contributed by atoms with van der Waals surface area (Å²) in [5, 5.41) is 0.751. The van der Waals surface area contributed by atoms with Gasteiger partial charge in [0.2, 0.25) is 0 Å². The van der Waals surface area contributed by atoms with Crippen molar-refractivity contribution in [3.8, 4) is 16.7 Å². The van der Waals surface area contributed by atoms with Crippen molar-refractivity contribution in [3.63, 3.8) is 0 Å². The summed E-state index contributed by atoms with van der Waals surface area (Å²) in [6, 6.07) is 15.8. The molecule has 0 aliphatic carbocycles. The highest BCUT2D eigenvalue weighted by atomic mass is 32.1. The highest BCUT2D eigenvalue weighted by Crippen LogP contribution is 2.27. The van der Waals surface area contributed by atoms with Crippen LogP contribution in [0.2, 0.25) is 0 Å². The lowest BCUT2D eigenvalue weighted by atomic mass is 10.2. The third-order valence-electron chi connectivity index (χ3n) is 3.62. The van der Waals surface area contributed by atoms with Crippen molar-refractivity contribution in [2.45, 2.75) is 19.3 Å². The van der Waals surface area contributed by atoms with Crippen molar-refractivity contribution in [1.82, 2.24) is 4.98 Å². The number of rotatable bonds is 9. The molecule has 0 fully saturated rings. The lowest BCUT2D eigenvalue weighted by Crippen LogP contribution is -2.01. The second-order valence-corrected chi connectivity index (χ2v) is 6.35. The van der Waals surface area contributed by atoms with Gasteiger partial charge in [-0.25, -0.2) is 4.98 Å². The minimum atomic E-state index is 0.682. The number of benzene rings is 2. The zero-order valence-electron chi connectivity index (χ0n) is 13.7. The Morgan fingerprint density at radius 2 is 1.54 bits per heavy atom. The summed E-state index contributed by atoms with van der Waals surface area (Å²) in [7, 11) is 1.65. The summed E-state index contributed by atoms with van der Waals surface area (Å²) in [5.41, 5.74) is 1.00. The van der Waals surface area contributed by atoms with E-state index in [9.17, 15) is 0 Å². The number of hydrogen-bond donors (Lipinski definition) is 0. The molecule has 1 aromatic heterocycles. The smallest absolute Gasteiger partial charge is 0.274 e. The van der Waals surface area contributed by atoms with Crippen LogP contribution in [0.5, 0.6) is 16.7 Å². The molecule has 0 unspecified atom stereocenters. The number of ether oxygens (including phenoxy) is 3. The van der Waals surface area contributed by atoms with Gasteiger partial charge in [-0.05, 0) is 43.5 Å². The van der Waals surface area contributed by atoms with Crippen LogP contribution in [0.3, 0.4) is 0 Å². The van der Waals surface area contributed by atoms with Crippen LogP contribution in [-0.2, 0) is 0 Å². The molecule has 3 rings (SSSR count). The van der Waals surface area contributed by atoms with Gasteiger partial charge in [0.15, 0.2) is 11.5 Å². The fraction of sp³-hybridized carbons (Fsp3) is 0.316. The number of unbranched alkanes of at least 4 members (excludes halogenated alkanes) is 2. The number of hydrogen-bond acceptors (Lipinski definition) is 5. The third-order valence-corrected chi connectivity index (χ3v) is 4.56. The Morgan fingerprint density at radius 1 is 0.833 bits per heavy atom. The maximum Gasteiger partial charge on any atom is 0.274 e. The first kappa shape index (κ1) is 16.6. The van der Waals surface area contributed by atoms with E-state index in [0.717, 1.165) is 46.2 Å². The van der Waals surface area contributed by atoms with E-state index < -0.39 is 0 Å². The van der Waals surface area contributed by atoms with Crippen molar-refractivity contribution < 1.29 is 14.2 Å². The first-order chi connectivity index (χ1) is 11.9. The Balaban J connectivity index is 1.32. The summed E-state index contributed by atoms with van der Waals surface area (Å²) in [6.45, 7) is 1.37. The highest BCUT2D eigenvalue weighted by Gasteiger charge is 2.04. The van der Waals surface area contributed by atoms with Crippen LogP contribution in [0.4, 0.5) is 0 Å². The Hall–Kier alpha value is -2.27. The highest BCUT2D eigenvalue weighted by molar-refractivity contribution is 7.20. The fourth-order valence-corrected chi connectivity index (χ4v) is 3.21. The molecule has 24 heavy (non-hydrogen) atoms. The van der Waals surface area contributed by atoms with Gasteiger partial charge in [0.25, 0.3) is 5.19 Å². The molecule has 0 amide bonds. The number of nitrogens with zero attached hydrogens (tertiary/aromatic N) is 1. The van der Waals surface area contributed by atoms with Gasteiger partial charge in [0, 0.05) is 0 Å². The lowest BCUT2D eigenvalue weighted by Gasteiger charge is -2.10. The summed E-state index contributed by atoms with van der Waals surface area (Å²) in [5.74, 6) is 1.57. The molecule has 0 radical (unpaired) electrons. The molecule has 0 aliphatic rings. The lowest BCUT2D eigenvalue weighted by molar-refractivity contribution is 0.270. The molecule has 0 saturated heterocycles. The van der Waals surface area contributed by atoms with E-state index >= 15 is 0 Å². The van der Waals surface area contributed by atoms with E-state index in [2.05, 4.69) is 11.1 Å². The van der Waals surface area contributed by atoms with Crippen molar-refractivity contribution >= 4 is 21.6 Å². The van der Waals surface area contributed by atoms with E-state index in [1.807, 2.05) is 42.5 Å². The largest absolute Gasteiger partial charge is 0.493 e. The third kappa shape index (κ3) is 4.38. The second kappa shape index (κ2) is 8.55. The zero-order chi connectivity index (χ0) is 16.6. The first-order valence-electron chi connectivity index (χ1n) is 8.11. The van der Waals surface area contributed by atoms with Gasteiger partial charge < -0.3 is 14.2 Å². The average Bonchev–Trinajstić information content (AvgIpc) is 3.04. The molecule has 0 spiro atoms. The molecule has 0 N–H and O–H groups in total. The van der Waals surface area contributed by atoms with Crippen LogP contribution < -0.4 is 14.2 Å². The van der Waals surface area contributed by atoms with E-state index in [-0.39, 0.29) is 0 Å². The average molecular weight is 343 g/mol. The number of aromatic nitrogens is 1. The van der Waals surface area contributed by atoms with Gasteiger partial charge >= 0.3 is 0 Å². The molecular weight excluding hydrogens is 322 g/mol.